The summed E-state index contributed by atoms with van der Waals surface area (Å²) in [6.07, 6.45) is 3.33. The van der Waals surface area contributed by atoms with E-state index in [1.807, 2.05) is 30.3 Å². The second kappa shape index (κ2) is 7.36. The van der Waals surface area contributed by atoms with Gasteiger partial charge in [0.25, 0.3) is 5.92 Å². The smallest absolute Gasteiger partial charge is 0.282 e. The number of nitrogens with zero attached hydrogens (tertiary/aromatic N) is 4. The molecule has 3 heterocycles. The molecule has 0 radical (unpaired) electrons. The minimum atomic E-state index is -2.76. The number of hydrogen-bond donors (Lipinski definition) is 0. The standard InChI is InChI=1S/C19H22F2N4O2/c20-19(21)12-24(13-19)18(26)17-10-23(9-16-8-22-14-25(16)17)6-7-27-11-15-4-2-1-3-5-15/h1-5,8,14,17H,6-7,9-13H2. The monoisotopic (exact) mass is 376 g/mol. The van der Waals surface area contributed by atoms with E-state index in [0.717, 1.165) is 11.3 Å². The number of benzene rings is 1. The highest BCUT2D eigenvalue weighted by molar-refractivity contribution is 5.82. The lowest BCUT2D eigenvalue weighted by Gasteiger charge is -2.42. The highest BCUT2D eigenvalue weighted by atomic mass is 19.3. The molecular formula is C19H22F2N4O2. The van der Waals surface area contributed by atoms with Crippen LogP contribution in [0.4, 0.5) is 8.78 Å². The Morgan fingerprint density at radius 3 is 2.78 bits per heavy atom. The maximum Gasteiger partial charge on any atom is 0.282 e. The second-order valence-electron chi connectivity index (χ2n) is 7.13. The highest BCUT2D eigenvalue weighted by Crippen LogP contribution is 2.31. The van der Waals surface area contributed by atoms with Crippen LogP contribution in [-0.2, 0) is 22.7 Å². The Labute approximate surface area is 156 Å². The second-order valence-corrected chi connectivity index (χ2v) is 7.13. The van der Waals surface area contributed by atoms with E-state index in [1.54, 1.807) is 17.1 Å². The number of likely N-dealkylation sites (tertiary alicyclic amines) is 1. The zero-order valence-corrected chi connectivity index (χ0v) is 14.9. The molecule has 8 heteroatoms. The molecule has 4 rings (SSSR count). The number of carbonyl (C=O) groups excluding carboxylic acids is 1. The van der Waals surface area contributed by atoms with Crippen LogP contribution in [0.3, 0.4) is 0 Å². The first kappa shape index (κ1) is 18.1. The molecule has 6 nitrogen and oxygen atoms in total. The van der Waals surface area contributed by atoms with E-state index in [-0.39, 0.29) is 5.91 Å². The molecule has 1 aromatic heterocycles. The number of carbonyl (C=O) groups is 1. The molecule has 0 spiro atoms. The Bertz CT molecular complexity index is 788. The highest BCUT2D eigenvalue weighted by Gasteiger charge is 2.48. The normalized spacial score (nSPS) is 21.6. The van der Waals surface area contributed by atoms with Crippen molar-refractivity contribution in [1.29, 1.82) is 0 Å². The Kier molecular flexibility index (Phi) is 4.92. The summed E-state index contributed by atoms with van der Waals surface area (Å²) in [6, 6.07) is 9.42. The Morgan fingerprint density at radius 2 is 2.04 bits per heavy atom. The van der Waals surface area contributed by atoms with Crippen LogP contribution in [0.25, 0.3) is 0 Å². The van der Waals surface area contributed by atoms with Crippen LogP contribution < -0.4 is 0 Å². The lowest BCUT2D eigenvalue weighted by Crippen LogP contribution is -2.61. The number of halogens is 2. The van der Waals surface area contributed by atoms with Crippen molar-refractivity contribution in [3.8, 4) is 0 Å². The Hall–Kier alpha value is -2.32. The molecule has 0 N–H and O–H groups in total. The topological polar surface area (TPSA) is 50.6 Å². The van der Waals surface area contributed by atoms with Crippen LogP contribution in [-0.4, -0.2) is 64.0 Å². The quantitative estimate of drug-likeness (QED) is 0.723. The van der Waals surface area contributed by atoms with E-state index >= 15 is 0 Å². The first-order valence-corrected chi connectivity index (χ1v) is 9.03. The van der Waals surface area contributed by atoms with Gasteiger partial charge in [-0.2, -0.15) is 0 Å². The third-order valence-corrected chi connectivity index (χ3v) is 5.00. The van der Waals surface area contributed by atoms with Crippen LogP contribution in [0.15, 0.2) is 42.9 Å². The summed E-state index contributed by atoms with van der Waals surface area (Å²) in [5.74, 6) is -3.03. The van der Waals surface area contributed by atoms with Crippen molar-refractivity contribution < 1.29 is 18.3 Å². The summed E-state index contributed by atoms with van der Waals surface area (Å²) in [5, 5.41) is 0. The molecule has 1 saturated heterocycles. The summed E-state index contributed by atoms with van der Waals surface area (Å²) >= 11 is 0. The van der Waals surface area contributed by atoms with Gasteiger partial charge < -0.3 is 14.2 Å². The SMILES string of the molecule is O=C(C1CN(CCOCc2ccccc2)Cc2cncn21)N1CC(F)(F)C1. The molecule has 0 saturated carbocycles. The lowest BCUT2D eigenvalue weighted by molar-refractivity contribution is -0.170. The number of rotatable bonds is 6. The van der Waals surface area contributed by atoms with E-state index < -0.39 is 25.1 Å². The average molecular weight is 376 g/mol. The fourth-order valence-electron chi connectivity index (χ4n) is 3.57. The van der Waals surface area contributed by atoms with Crippen molar-refractivity contribution in [3.63, 3.8) is 0 Å². The van der Waals surface area contributed by atoms with Gasteiger partial charge in [-0.05, 0) is 5.56 Å². The predicted octanol–water partition coefficient (Wildman–Crippen LogP) is 1.93. The maximum absolute atomic E-state index is 13.1. The van der Waals surface area contributed by atoms with Crippen molar-refractivity contribution in [2.75, 3.05) is 32.8 Å². The van der Waals surface area contributed by atoms with E-state index in [2.05, 4.69) is 9.88 Å². The number of imidazole rings is 1. The van der Waals surface area contributed by atoms with Crippen molar-refractivity contribution in [2.45, 2.75) is 25.1 Å². The van der Waals surface area contributed by atoms with Crippen LogP contribution >= 0.6 is 0 Å². The first-order chi connectivity index (χ1) is 13.0. The van der Waals surface area contributed by atoms with Gasteiger partial charge in [-0.25, -0.2) is 13.8 Å². The van der Waals surface area contributed by atoms with Crippen LogP contribution in [0.2, 0.25) is 0 Å². The molecule has 1 fully saturated rings. The van der Waals surface area contributed by atoms with Crippen LogP contribution in [0.5, 0.6) is 0 Å². The van der Waals surface area contributed by atoms with E-state index in [0.29, 0.717) is 32.8 Å². The van der Waals surface area contributed by atoms with Crippen LogP contribution in [0, 0.1) is 0 Å². The minimum Gasteiger partial charge on any atom is -0.375 e. The van der Waals surface area contributed by atoms with Crippen molar-refractivity contribution in [2.24, 2.45) is 0 Å². The van der Waals surface area contributed by atoms with Crippen molar-refractivity contribution >= 4 is 5.91 Å². The van der Waals surface area contributed by atoms with Gasteiger partial charge in [0, 0.05) is 25.8 Å². The summed E-state index contributed by atoms with van der Waals surface area (Å²) in [4.78, 5) is 20.1. The number of amides is 1. The van der Waals surface area contributed by atoms with Gasteiger partial charge in [0.05, 0.1) is 38.3 Å². The molecular weight excluding hydrogens is 354 g/mol. The number of fused-ring (bicyclic) bond motifs is 1. The van der Waals surface area contributed by atoms with Gasteiger partial charge in [0.15, 0.2) is 0 Å². The van der Waals surface area contributed by atoms with Crippen molar-refractivity contribution in [1.82, 2.24) is 19.4 Å². The predicted molar refractivity (Wildman–Crippen MR) is 94.2 cm³/mol. The molecule has 2 aliphatic heterocycles. The Morgan fingerprint density at radius 1 is 1.26 bits per heavy atom. The fraction of sp³-hybridized carbons (Fsp3) is 0.474. The number of aromatic nitrogens is 2. The van der Waals surface area contributed by atoms with Gasteiger partial charge in [-0.15, -0.1) is 0 Å². The molecule has 1 atom stereocenters. The maximum atomic E-state index is 13.1. The zero-order valence-electron chi connectivity index (χ0n) is 14.9. The summed E-state index contributed by atoms with van der Waals surface area (Å²) < 4.78 is 33.8. The summed E-state index contributed by atoms with van der Waals surface area (Å²) in [6.45, 7) is 1.88. The summed E-state index contributed by atoms with van der Waals surface area (Å²) in [7, 11) is 0. The van der Waals surface area contributed by atoms with Crippen LogP contribution in [0.1, 0.15) is 17.3 Å². The summed E-state index contributed by atoms with van der Waals surface area (Å²) in [5.41, 5.74) is 2.02. The van der Waals surface area contributed by atoms with Crippen molar-refractivity contribution in [3.05, 3.63) is 54.1 Å². The van der Waals surface area contributed by atoms with E-state index in [4.69, 9.17) is 4.74 Å². The molecule has 1 aromatic carbocycles. The average Bonchev–Trinajstić information content (AvgIpc) is 3.11. The molecule has 0 bridgehead atoms. The Balaban J connectivity index is 1.33. The molecule has 1 amide bonds. The largest absolute Gasteiger partial charge is 0.375 e. The molecule has 144 valence electrons. The molecule has 2 aromatic rings. The fourth-order valence-corrected chi connectivity index (χ4v) is 3.57. The number of ether oxygens (including phenoxy) is 1. The third kappa shape index (κ3) is 4.01. The van der Waals surface area contributed by atoms with Gasteiger partial charge in [0.1, 0.15) is 6.04 Å². The zero-order chi connectivity index (χ0) is 18.9. The number of alkyl halides is 2. The molecule has 2 aliphatic rings. The minimum absolute atomic E-state index is 0.268. The van der Waals surface area contributed by atoms with Gasteiger partial charge in [-0.3, -0.25) is 9.69 Å². The van der Waals surface area contributed by atoms with E-state index in [1.165, 1.54) is 4.90 Å². The van der Waals surface area contributed by atoms with Gasteiger partial charge >= 0.3 is 0 Å². The first-order valence-electron chi connectivity index (χ1n) is 9.03. The lowest BCUT2D eigenvalue weighted by atomic mass is 10.1. The number of hydrogen-bond acceptors (Lipinski definition) is 4. The third-order valence-electron chi connectivity index (χ3n) is 5.00. The van der Waals surface area contributed by atoms with Gasteiger partial charge in [-0.1, -0.05) is 30.3 Å². The van der Waals surface area contributed by atoms with Gasteiger partial charge in [0.2, 0.25) is 5.91 Å². The molecule has 0 aliphatic carbocycles. The molecule has 27 heavy (non-hydrogen) atoms. The van der Waals surface area contributed by atoms with E-state index in [9.17, 15) is 13.6 Å². The molecule has 1 unspecified atom stereocenters.